The first-order valence-corrected chi connectivity index (χ1v) is 9.18. The van der Waals surface area contributed by atoms with E-state index in [1.165, 1.54) is 0 Å². The van der Waals surface area contributed by atoms with Gasteiger partial charge in [-0.25, -0.2) is 0 Å². The van der Waals surface area contributed by atoms with E-state index in [1.807, 2.05) is 11.8 Å². The van der Waals surface area contributed by atoms with Crippen molar-refractivity contribution in [1.29, 1.82) is 0 Å². The van der Waals surface area contributed by atoms with Crippen molar-refractivity contribution in [2.45, 2.75) is 58.0 Å². The van der Waals surface area contributed by atoms with Gasteiger partial charge in [-0.15, -0.1) is 0 Å². The summed E-state index contributed by atoms with van der Waals surface area (Å²) in [6, 6.07) is 0.304. The van der Waals surface area contributed by atoms with Crippen LogP contribution in [0.4, 0.5) is 0 Å². The number of carbonyl (C=O) groups is 1. The van der Waals surface area contributed by atoms with Crippen LogP contribution in [-0.2, 0) is 11.2 Å². The Morgan fingerprint density at radius 2 is 2.08 bits per heavy atom. The lowest BCUT2D eigenvalue weighted by Gasteiger charge is -2.37. The molecule has 1 aliphatic heterocycles. The first-order valence-electron chi connectivity index (χ1n) is 9.18. The molecule has 1 saturated heterocycles. The number of nitrogens with zero attached hydrogens (tertiary/aromatic N) is 4. The lowest BCUT2D eigenvalue weighted by Crippen LogP contribution is -2.49. The fourth-order valence-corrected chi connectivity index (χ4v) is 3.77. The van der Waals surface area contributed by atoms with Gasteiger partial charge < -0.3 is 15.2 Å². The molecule has 1 unspecified atom stereocenters. The summed E-state index contributed by atoms with van der Waals surface area (Å²) in [5, 5.41) is 3.97. The molecule has 1 amide bonds. The second-order valence-electron chi connectivity index (χ2n) is 7.05. The van der Waals surface area contributed by atoms with Gasteiger partial charge in [-0.3, -0.25) is 9.69 Å². The van der Waals surface area contributed by atoms with Crippen LogP contribution in [0.25, 0.3) is 0 Å². The molecule has 0 radical (unpaired) electrons. The summed E-state index contributed by atoms with van der Waals surface area (Å²) in [5.74, 6) is 2.05. The smallest absolute Gasteiger partial charge is 0.243 e. The van der Waals surface area contributed by atoms with Gasteiger partial charge in [0.1, 0.15) is 0 Å². The molecule has 1 saturated carbocycles. The largest absolute Gasteiger partial charge is 0.340 e. The normalized spacial score (nSPS) is 26.7. The maximum atomic E-state index is 12.5. The van der Waals surface area contributed by atoms with Gasteiger partial charge in [-0.1, -0.05) is 18.5 Å². The fourth-order valence-electron chi connectivity index (χ4n) is 3.77. The predicted octanol–water partition coefficient (Wildman–Crippen LogP) is 1.35. The predicted molar refractivity (Wildman–Crippen MR) is 90.2 cm³/mol. The summed E-state index contributed by atoms with van der Waals surface area (Å²) in [6.45, 7) is 7.31. The van der Waals surface area contributed by atoms with E-state index in [1.54, 1.807) is 0 Å². The monoisotopic (exact) mass is 335 g/mol. The van der Waals surface area contributed by atoms with Crippen molar-refractivity contribution < 1.29 is 9.32 Å². The molecule has 0 spiro atoms. The molecule has 3 atom stereocenters. The van der Waals surface area contributed by atoms with Gasteiger partial charge in [0.15, 0.2) is 5.82 Å². The molecule has 24 heavy (non-hydrogen) atoms. The Kier molecular flexibility index (Phi) is 5.50. The number of amides is 1. The van der Waals surface area contributed by atoms with Gasteiger partial charge in [-0.2, -0.15) is 4.98 Å². The summed E-state index contributed by atoms with van der Waals surface area (Å²) in [4.78, 5) is 21.2. The van der Waals surface area contributed by atoms with E-state index < -0.39 is 0 Å². The highest BCUT2D eigenvalue weighted by molar-refractivity contribution is 5.76. The quantitative estimate of drug-likeness (QED) is 0.874. The van der Waals surface area contributed by atoms with Gasteiger partial charge >= 0.3 is 0 Å². The Bertz CT molecular complexity index is 553. The number of aromatic nitrogens is 2. The molecule has 2 N–H and O–H groups in total. The third-order valence-electron chi connectivity index (χ3n) is 5.53. The van der Waals surface area contributed by atoms with Crippen LogP contribution in [0.15, 0.2) is 4.52 Å². The standard InChI is InChI=1S/C17H29N5O2/c1-3-15-19-17(24-20-15)12(2)21-7-9-22(10-8-21)16(23)11-13-5-4-6-14(13)18/h12-14H,3-11,18H2,1-2H3/t12?,13-,14+/m0/s1. The van der Waals surface area contributed by atoms with Crippen LogP contribution in [0.5, 0.6) is 0 Å². The Morgan fingerprint density at radius 1 is 1.33 bits per heavy atom. The Morgan fingerprint density at radius 3 is 2.67 bits per heavy atom. The van der Waals surface area contributed by atoms with Crippen LogP contribution in [0.3, 0.4) is 0 Å². The van der Waals surface area contributed by atoms with Crippen molar-refractivity contribution in [1.82, 2.24) is 19.9 Å². The van der Waals surface area contributed by atoms with Crippen molar-refractivity contribution in [3.05, 3.63) is 11.7 Å². The summed E-state index contributed by atoms with van der Waals surface area (Å²) in [6.07, 6.45) is 4.71. The van der Waals surface area contributed by atoms with Crippen molar-refractivity contribution in [3.8, 4) is 0 Å². The lowest BCUT2D eigenvalue weighted by atomic mass is 9.99. The Hall–Kier alpha value is -1.47. The van der Waals surface area contributed by atoms with Gasteiger partial charge in [0.25, 0.3) is 0 Å². The topological polar surface area (TPSA) is 88.5 Å². The number of aryl methyl sites for hydroxylation is 1. The molecular weight excluding hydrogens is 306 g/mol. The van der Waals surface area contributed by atoms with Crippen molar-refractivity contribution in [2.24, 2.45) is 11.7 Å². The molecule has 1 aromatic heterocycles. The SMILES string of the molecule is CCc1noc(C(C)N2CCN(C(=O)C[C@@H]3CCC[C@H]3N)CC2)n1. The number of hydrogen-bond donors (Lipinski definition) is 1. The van der Waals surface area contributed by atoms with E-state index in [2.05, 4.69) is 22.0 Å². The summed E-state index contributed by atoms with van der Waals surface area (Å²) in [7, 11) is 0. The minimum absolute atomic E-state index is 0.0957. The van der Waals surface area contributed by atoms with Gasteiger partial charge in [-0.05, 0) is 25.7 Å². The van der Waals surface area contributed by atoms with Crippen molar-refractivity contribution in [3.63, 3.8) is 0 Å². The number of piperazine rings is 1. The van der Waals surface area contributed by atoms with E-state index in [9.17, 15) is 4.79 Å². The second kappa shape index (κ2) is 7.61. The number of hydrogen-bond acceptors (Lipinski definition) is 6. The maximum Gasteiger partial charge on any atom is 0.243 e. The van der Waals surface area contributed by atoms with Crippen LogP contribution < -0.4 is 5.73 Å². The van der Waals surface area contributed by atoms with Gasteiger partial charge in [0, 0.05) is 45.1 Å². The second-order valence-corrected chi connectivity index (χ2v) is 7.05. The van der Waals surface area contributed by atoms with E-state index >= 15 is 0 Å². The summed E-state index contributed by atoms with van der Waals surface area (Å²) < 4.78 is 5.35. The average molecular weight is 335 g/mol. The third-order valence-corrected chi connectivity index (χ3v) is 5.53. The number of carbonyl (C=O) groups excluding carboxylic acids is 1. The highest BCUT2D eigenvalue weighted by Gasteiger charge is 2.31. The first kappa shape index (κ1) is 17.4. The van der Waals surface area contributed by atoms with E-state index in [0.29, 0.717) is 18.2 Å². The minimum atomic E-state index is 0.0957. The van der Waals surface area contributed by atoms with Crippen LogP contribution >= 0.6 is 0 Å². The number of nitrogens with two attached hydrogens (primary N) is 1. The zero-order valence-electron chi connectivity index (χ0n) is 14.8. The van der Waals surface area contributed by atoms with Gasteiger partial charge in [0.05, 0.1) is 6.04 Å². The molecule has 134 valence electrons. The first-order chi connectivity index (χ1) is 11.6. The van der Waals surface area contributed by atoms with Crippen LogP contribution in [0.1, 0.15) is 57.3 Å². The van der Waals surface area contributed by atoms with E-state index in [4.69, 9.17) is 10.3 Å². The molecule has 2 fully saturated rings. The lowest BCUT2D eigenvalue weighted by molar-refractivity contribution is -0.134. The Labute approximate surface area is 143 Å². The Balaban J connectivity index is 1.49. The molecule has 0 aromatic carbocycles. The zero-order chi connectivity index (χ0) is 17.1. The van der Waals surface area contributed by atoms with Gasteiger partial charge in [0.2, 0.25) is 11.8 Å². The molecule has 1 aliphatic carbocycles. The van der Waals surface area contributed by atoms with E-state index in [-0.39, 0.29) is 18.0 Å². The molecular formula is C17H29N5O2. The summed E-state index contributed by atoms with van der Waals surface area (Å²) in [5.41, 5.74) is 6.09. The van der Waals surface area contributed by atoms with Crippen LogP contribution in [0, 0.1) is 5.92 Å². The zero-order valence-corrected chi connectivity index (χ0v) is 14.8. The van der Waals surface area contributed by atoms with Crippen molar-refractivity contribution in [2.75, 3.05) is 26.2 Å². The highest BCUT2D eigenvalue weighted by Crippen LogP contribution is 2.28. The molecule has 7 heteroatoms. The third kappa shape index (κ3) is 3.78. The van der Waals surface area contributed by atoms with Crippen LogP contribution in [0.2, 0.25) is 0 Å². The molecule has 7 nitrogen and oxygen atoms in total. The highest BCUT2D eigenvalue weighted by atomic mass is 16.5. The molecule has 3 rings (SSSR count). The van der Waals surface area contributed by atoms with Crippen molar-refractivity contribution >= 4 is 5.91 Å². The summed E-state index contributed by atoms with van der Waals surface area (Å²) >= 11 is 0. The van der Waals surface area contributed by atoms with Crippen LogP contribution in [-0.4, -0.2) is 58.1 Å². The minimum Gasteiger partial charge on any atom is -0.340 e. The number of rotatable bonds is 5. The maximum absolute atomic E-state index is 12.5. The molecule has 1 aromatic rings. The molecule has 2 aliphatic rings. The fraction of sp³-hybridized carbons (Fsp3) is 0.824. The molecule has 0 bridgehead atoms. The average Bonchev–Trinajstić information content (AvgIpc) is 3.24. The van der Waals surface area contributed by atoms with E-state index in [0.717, 1.165) is 57.7 Å². The molecule has 2 heterocycles.